The van der Waals surface area contributed by atoms with Gasteiger partial charge in [-0.2, -0.15) is 13.2 Å². The molecule has 3 nitrogen and oxygen atoms in total. The second-order valence-corrected chi connectivity index (χ2v) is 4.72. The van der Waals surface area contributed by atoms with Crippen molar-refractivity contribution in [3.8, 4) is 5.75 Å². The fourth-order valence-electron chi connectivity index (χ4n) is 2.16. The molecule has 0 saturated heterocycles. The highest BCUT2D eigenvalue weighted by molar-refractivity contribution is 5.76. The predicted octanol–water partition coefficient (Wildman–Crippen LogP) is 3.88. The molecule has 1 heterocycles. The maximum atomic E-state index is 12.7. The zero-order chi connectivity index (χ0) is 15.0. The van der Waals surface area contributed by atoms with Crippen molar-refractivity contribution < 1.29 is 18.3 Å². The molecule has 21 heavy (non-hydrogen) atoms. The minimum absolute atomic E-state index is 0.133. The average molecular weight is 292 g/mol. The first-order valence-electron chi connectivity index (χ1n) is 6.26. The highest BCUT2D eigenvalue weighted by Gasteiger charge is 2.30. The van der Waals surface area contributed by atoms with Crippen LogP contribution in [0.2, 0.25) is 0 Å². The van der Waals surface area contributed by atoms with E-state index < -0.39 is 11.7 Å². The number of hydrogen-bond donors (Lipinski definition) is 2. The number of aromatic amines is 1. The van der Waals surface area contributed by atoms with Gasteiger partial charge in [-0.15, -0.1) is 0 Å². The predicted molar refractivity (Wildman–Crippen MR) is 72.0 cm³/mol. The lowest BCUT2D eigenvalue weighted by molar-refractivity contribution is -0.137. The molecular weight excluding hydrogens is 281 g/mol. The van der Waals surface area contributed by atoms with Crippen LogP contribution >= 0.6 is 0 Å². The molecule has 0 aliphatic heterocycles. The average Bonchev–Trinajstić information content (AvgIpc) is 2.81. The van der Waals surface area contributed by atoms with Crippen LogP contribution in [0, 0.1) is 0 Å². The Morgan fingerprint density at radius 1 is 1.10 bits per heavy atom. The van der Waals surface area contributed by atoms with Crippen molar-refractivity contribution in [1.29, 1.82) is 0 Å². The molecule has 0 aliphatic rings. The van der Waals surface area contributed by atoms with Crippen LogP contribution in [0.3, 0.4) is 0 Å². The van der Waals surface area contributed by atoms with E-state index >= 15 is 0 Å². The standard InChI is InChI=1S/C15H11F3N2O/c16-15(17,18)10-5-6-11-12(8-10)20-14(19-11)7-9-3-1-2-4-13(9)21/h1-6,8,21H,7H2,(H,19,20). The first kappa shape index (κ1) is 13.5. The number of aromatic hydroxyl groups is 1. The molecule has 0 saturated carbocycles. The number of alkyl halides is 3. The zero-order valence-corrected chi connectivity index (χ0v) is 10.8. The second kappa shape index (κ2) is 4.80. The Morgan fingerprint density at radius 3 is 2.57 bits per heavy atom. The van der Waals surface area contributed by atoms with E-state index in [4.69, 9.17) is 0 Å². The molecule has 2 aromatic carbocycles. The summed E-state index contributed by atoms with van der Waals surface area (Å²) in [5.74, 6) is 0.639. The quantitative estimate of drug-likeness (QED) is 0.753. The van der Waals surface area contributed by atoms with Crippen molar-refractivity contribution in [2.75, 3.05) is 0 Å². The normalized spacial score (nSPS) is 12.0. The van der Waals surface area contributed by atoms with Gasteiger partial charge in [-0.3, -0.25) is 0 Å². The van der Waals surface area contributed by atoms with Crippen molar-refractivity contribution in [3.05, 3.63) is 59.4 Å². The molecular formula is C15H11F3N2O. The Hall–Kier alpha value is -2.50. The van der Waals surface area contributed by atoms with Crippen LogP contribution < -0.4 is 0 Å². The summed E-state index contributed by atoms with van der Waals surface area (Å²) in [6, 6.07) is 10.2. The second-order valence-electron chi connectivity index (χ2n) is 4.72. The summed E-state index contributed by atoms with van der Waals surface area (Å²) in [5.41, 5.74) is 0.740. The van der Waals surface area contributed by atoms with Crippen molar-refractivity contribution in [2.45, 2.75) is 12.6 Å². The molecule has 0 atom stereocenters. The largest absolute Gasteiger partial charge is 0.508 e. The smallest absolute Gasteiger partial charge is 0.416 e. The van der Waals surface area contributed by atoms with Crippen LogP contribution in [0.25, 0.3) is 11.0 Å². The number of nitrogens with one attached hydrogen (secondary N) is 1. The monoisotopic (exact) mass is 292 g/mol. The number of phenolic OH excluding ortho intramolecular Hbond substituents is 1. The lowest BCUT2D eigenvalue weighted by atomic mass is 10.1. The minimum atomic E-state index is -4.38. The van der Waals surface area contributed by atoms with Gasteiger partial charge in [0.05, 0.1) is 16.6 Å². The number of hydrogen-bond acceptors (Lipinski definition) is 2. The highest BCUT2D eigenvalue weighted by atomic mass is 19.4. The maximum Gasteiger partial charge on any atom is 0.416 e. The summed E-state index contributed by atoms with van der Waals surface area (Å²) in [6.45, 7) is 0. The molecule has 0 radical (unpaired) electrons. The van der Waals surface area contributed by atoms with E-state index in [1.54, 1.807) is 24.3 Å². The molecule has 1 aromatic heterocycles. The van der Waals surface area contributed by atoms with E-state index in [2.05, 4.69) is 9.97 Å². The Morgan fingerprint density at radius 2 is 1.86 bits per heavy atom. The number of fused-ring (bicyclic) bond motifs is 1. The van der Waals surface area contributed by atoms with Crippen molar-refractivity contribution >= 4 is 11.0 Å². The minimum Gasteiger partial charge on any atom is -0.508 e. The number of aromatic nitrogens is 2. The Labute approximate surface area is 118 Å². The van der Waals surface area contributed by atoms with Gasteiger partial charge in [0.25, 0.3) is 0 Å². The summed E-state index contributed by atoms with van der Waals surface area (Å²) in [7, 11) is 0. The van der Waals surface area contributed by atoms with E-state index in [-0.39, 0.29) is 5.75 Å². The fraction of sp³-hybridized carbons (Fsp3) is 0.133. The highest BCUT2D eigenvalue weighted by Crippen LogP contribution is 2.31. The van der Waals surface area contributed by atoms with E-state index in [0.717, 1.165) is 12.1 Å². The molecule has 0 spiro atoms. The van der Waals surface area contributed by atoms with Crippen LogP contribution in [0.5, 0.6) is 5.75 Å². The number of phenols is 1. The number of rotatable bonds is 2. The van der Waals surface area contributed by atoms with E-state index in [0.29, 0.717) is 28.8 Å². The van der Waals surface area contributed by atoms with Gasteiger partial charge < -0.3 is 10.1 Å². The van der Waals surface area contributed by atoms with Gasteiger partial charge in [0.15, 0.2) is 0 Å². The van der Waals surface area contributed by atoms with Crippen LogP contribution in [-0.4, -0.2) is 15.1 Å². The van der Waals surface area contributed by atoms with Gasteiger partial charge >= 0.3 is 6.18 Å². The van der Waals surface area contributed by atoms with Crippen molar-refractivity contribution in [3.63, 3.8) is 0 Å². The molecule has 3 aromatic rings. The first-order valence-corrected chi connectivity index (χ1v) is 6.26. The van der Waals surface area contributed by atoms with Gasteiger partial charge in [0, 0.05) is 12.0 Å². The lowest BCUT2D eigenvalue weighted by Gasteiger charge is -2.05. The molecule has 0 aliphatic carbocycles. The molecule has 3 rings (SSSR count). The van der Waals surface area contributed by atoms with Gasteiger partial charge in [-0.05, 0) is 24.3 Å². The number of benzene rings is 2. The molecule has 0 unspecified atom stereocenters. The maximum absolute atomic E-state index is 12.7. The number of imidazole rings is 1. The number of H-pyrrole nitrogens is 1. The summed E-state index contributed by atoms with van der Waals surface area (Å²) >= 11 is 0. The lowest BCUT2D eigenvalue weighted by Crippen LogP contribution is -2.04. The molecule has 108 valence electrons. The van der Waals surface area contributed by atoms with E-state index in [9.17, 15) is 18.3 Å². The topological polar surface area (TPSA) is 48.9 Å². The zero-order valence-electron chi connectivity index (χ0n) is 10.8. The molecule has 6 heteroatoms. The Bertz CT molecular complexity index is 793. The summed E-state index contributed by atoms with van der Waals surface area (Å²) in [4.78, 5) is 7.10. The van der Waals surface area contributed by atoms with Gasteiger partial charge in [0.2, 0.25) is 0 Å². The number of para-hydroxylation sites is 1. The Kier molecular flexibility index (Phi) is 3.08. The number of nitrogens with zero attached hydrogens (tertiary/aromatic N) is 1. The Balaban J connectivity index is 1.96. The van der Waals surface area contributed by atoms with Gasteiger partial charge in [-0.1, -0.05) is 18.2 Å². The van der Waals surface area contributed by atoms with Crippen LogP contribution in [0.1, 0.15) is 17.0 Å². The molecule has 0 bridgehead atoms. The SMILES string of the molecule is Oc1ccccc1Cc1nc2ccc(C(F)(F)F)cc2[nH]1. The van der Waals surface area contributed by atoms with Gasteiger partial charge in [-0.25, -0.2) is 4.98 Å². The molecule has 2 N–H and O–H groups in total. The molecule has 0 fully saturated rings. The third-order valence-corrected chi connectivity index (χ3v) is 3.21. The first-order chi connectivity index (χ1) is 9.93. The van der Waals surface area contributed by atoms with Crippen LogP contribution in [0.4, 0.5) is 13.2 Å². The third-order valence-electron chi connectivity index (χ3n) is 3.21. The van der Waals surface area contributed by atoms with E-state index in [1.807, 2.05) is 0 Å². The summed E-state index contributed by atoms with van der Waals surface area (Å²) in [6.07, 6.45) is -4.06. The number of halogens is 3. The third kappa shape index (κ3) is 2.69. The van der Waals surface area contributed by atoms with Crippen LogP contribution in [-0.2, 0) is 12.6 Å². The molecule has 0 amide bonds. The van der Waals surface area contributed by atoms with Crippen molar-refractivity contribution in [1.82, 2.24) is 9.97 Å². The fourth-order valence-corrected chi connectivity index (χ4v) is 2.16. The van der Waals surface area contributed by atoms with Gasteiger partial charge in [0.1, 0.15) is 11.6 Å². The van der Waals surface area contributed by atoms with Crippen molar-refractivity contribution in [2.24, 2.45) is 0 Å². The van der Waals surface area contributed by atoms with E-state index in [1.165, 1.54) is 6.07 Å². The summed E-state index contributed by atoms with van der Waals surface area (Å²) < 4.78 is 38.0. The van der Waals surface area contributed by atoms with Crippen LogP contribution in [0.15, 0.2) is 42.5 Å². The summed E-state index contributed by atoms with van der Waals surface area (Å²) in [5, 5.41) is 9.71.